The summed E-state index contributed by atoms with van der Waals surface area (Å²) < 4.78 is 0. The van der Waals surface area contributed by atoms with Crippen LogP contribution in [0.2, 0.25) is 5.02 Å². The first-order valence-electron chi connectivity index (χ1n) is 9.65. The molecule has 31 heavy (non-hydrogen) atoms. The minimum absolute atomic E-state index is 0.000753. The van der Waals surface area contributed by atoms with Crippen LogP contribution in [-0.4, -0.2) is 20.8 Å². The lowest BCUT2D eigenvalue weighted by Gasteiger charge is -2.11. The molecule has 0 atom stereocenters. The summed E-state index contributed by atoms with van der Waals surface area (Å²) in [5, 5.41) is 15.0. The molecule has 0 spiro atoms. The Hall–Kier alpha value is -3.72. The van der Waals surface area contributed by atoms with E-state index in [4.69, 9.17) is 11.6 Å². The number of rotatable bonds is 9. The first-order chi connectivity index (χ1) is 15.0. The third-order valence-corrected chi connectivity index (χ3v) is 4.66. The molecule has 160 valence electrons. The summed E-state index contributed by atoms with van der Waals surface area (Å²) in [6.07, 6.45) is 4.35. The molecule has 0 bridgehead atoms. The largest absolute Gasteiger partial charge is 0.355 e. The van der Waals surface area contributed by atoms with Crippen molar-refractivity contribution in [3.05, 3.63) is 81.1 Å². The van der Waals surface area contributed by atoms with Crippen LogP contribution in [0.3, 0.4) is 0 Å². The Morgan fingerprint density at radius 3 is 2.55 bits per heavy atom. The van der Waals surface area contributed by atoms with Crippen molar-refractivity contribution in [2.24, 2.45) is 0 Å². The quantitative estimate of drug-likeness (QED) is 0.320. The van der Waals surface area contributed by atoms with Gasteiger partial charge in [-0.2, -0.15) is 0 Å². The number of hydrazine groups is 1. The van der Waals surface area contributed by atoms with E-state index in [9.17, 15) is 14.9 Å². The highest BCUT2D eigenvalue weighted by Gasteiger charge is 2.23. The molecule has 0 aliphatic carbocycles. The van der Waals surface area contributed by atoms with E-state index in [0.717, 1.165) is 19.3 Å². The second kappa shape index (κ2) is 10.4. The number of aromatic nitrogens is 2. The summed E-state index contributed by atoms with van der Waals surface area (Å²) in [6, 6.07) is 13.9. The lowest BCUT2D eigenvalue weighted by atomic mass is 10.1. The van der Waals surface area contributed by atoms with Gasteiger partial charge in [0.15, 0.2) is 0 Å². The van der Waals surface area contributed by atoms with Crippen molar-refractivity contribution in [3.8, 4) is 0 Å². The minimum Gasteiger partial charge on any atom is -0.334 e. The molecule has 1 aromatic heterocycles. The van der Waals surface area contributed by atoms with Crippen LogP contribution in [0.25, 0.3) is 0 Å². The fourth-order valence-electron chi connectivity index (χ4n) is 2.82. The number of unbranched alkanes of at least 4 members (excludes halogenated alkanes) is 1. The fraction of sp³-hybridized carbons (Fsp3) is 0.190. The molecule has 3 aromatic rings. The summed E-state index contributed by atoms with van der Waals surface area (Å²) in [5.74, 6) is -0.675. The summed E-state index contributed by atoms with van der Waals surface area (Å²) in [7, 11) is 0. The van der Waals surface area contributed by atoms with E-state index in [1.807, 2.05) is 24.3 Å². The Bertz CT molecular complexity index is 1070. The van der Waals surface area contributed by atoms with Gasteiger partial charge in [0, 0.05) is 16.3 Å². The standard InChI is InChI=1S/C21H21ClN6O3/c1-2-3-5-14-8-10-17(11-9-14)25-19-18(28(30)31)20(24-13-23-19)26-27-21(29)15-6-4-7-16(22)12-15/h4,6-13H,2-3,5H2,1H3,(H,27,29)(H2,23,24,25,26). The molecular weight excluding hydrogens is 420 g/mol. The van der Waals surface area contributed by atoms with Gasteiger partial charge in [-0.3, -0.25) is 25.8 Å². The fourth-order valence-corrected chi connectivity index (χ4v) is 3.02. The van der Waals surface area contributed by atoms with E-state index < -0.39 is 16.5 Å². The zero-order chi connectivity index (χ0) is 22.2. The maximum absolute atomic E-state index is 12.3. The van der Waals surface area contributed by atoms with Crippen LogP contribution >= 0.6 is 11.6 Å². The Balaban J connectivity index is 1.76. The number of hydrogen-bond acceptors (Lipinski definition) is 7. The number of nitrogens with zero attached hydrogens (tertiary/aromatic N) is 3. The molecule has 1 amide bonds. The smallest absolute Gasteiger partial charge is 0.334 e. The van der Waals surface area contributed by atoms with Crippen molar-refractivity contribution >= 4 is 40.5 Å². The van der Waals surface area contributed by atoms with Gasteiger partial charge in [-0.15, -0.1) is 0 Å². The monoisotopic (exact) mass is 440 g/mol. The van der Waals surface area contributed by atoms with Gasteiger partial charge in [-0.05, 0) is 48.7 Å². The average molecular weight is 441 g/mol. The van der Waals surface area contributed by atoms with Crippen molar-refractivity contribution in [2.75, 3.05) is 10.7 Å². The lowest BCUT2D eigenvalue weighted by Crippen LogP contribution is -2.30. The van der Waals surface area contributed by atoms with Gasteiger partial charge >= 0.3 is 5.69 Å². The van der Waals surface area contributed by atoms with Crippen LogP contribution in [0.1, 0.15) is 35.7 Å². The summed E-state index contributed by atoms with van der Waals surface area (Å²) >= 11 is 5.89. The predicted molar refractivity (Wildman–Crippen MR) is 120 cm³/mol. The highest BCUT2D eigenvalue weighted by molar-refractivity contribution is 6.30. The molecule has 0 aliphatic heterocycles. The van der Waals surface area contributed by atoms with Crippen LogP contribution < -0.4 is 16.2 Å². The topological polar surface area (TPSA) is 122 Å². The molecule has 0 radical (unpaired) electrons. The number of nitro groups is 1. The van der Waals surface area contributed by atoms with E-state index in [1.165, 1.54) is 18.0 Å². The van der Waals surface area contributed by atoms with Gasteiger partial charge < -0.3 is 5.32 Å². The zero-order valence-electron chi connectivity index (χ0n) is 16.8. The number of nitrogens with one attached hydrogen (secondary N) is 3. The minimum atomic E-state index is -0.619. The summed E-state index contributed by atoms with van der Waals surface area (Å²) in [6.45, 7) is 2.13. The molecule has 0 saturated heterocycles. The number of carbonyl (C=O) groups excluding carboxylic acids is 1. The number of hydrogen-bond donors (Lipinski definition) is 3. The Labute approximate surface area is 184 Å². The summed E-state index contributed by atoms with van der Waals surface area (Å²) in [4.78, 5) is 31.2. The van der Waals surface area contributed by atoms with Gasteiger partial charge in [0.25, 0.3) is 5.91 Å². The van der Waals surface area contributed by atoms with E-state index in [1.54, 1.807) is 18.2 Å². The van der Waals surface area contributed by atoms with Crippen molar-refractivity contribution in [3.63, 3.8) is 0 Å². The third-order valence-electron chi connectivity index (χ3n) is 4.42. The average Bonchev–Trinajstić information content (AvgIpc) is 2.77. The van der Waals surface area contributed by atoms with Crippen LogP contribution in [0, 0.1) is 10.1 Å². The van der Waals surface area contributed by atoms with E-state index >= 15 is 0 Å². The molecule has 0 aliphatic rings. The molecule has 9 nitrogen and oxygen atoms in total. The highest BCUT2D eigenvalue weighted by atomic mass is 35.5. The van der Waals surface area contributed by atoms with Crippen LogP contribution in [-0.2, 0) is 6.42 Å². The molecular formula is C21H21ClN6O3. The number of amides is 1. The van der Waals surface area contributed by atoms with Crippen LogP contribution in [0.4, 0.5) is 23.0 Å². The number of benzene rings is 2. The van der Waals surface area contributed by atoms with Gasteiger partial charge in [0.1, 0.15) is 6.33 Å². The Morgan fingerprint density at radius 2 is 1.87 bits per heavy atom. The van der Waals surface area contributed by atoms with E-state index in [-0.39, 0.29) is 11.6 Å². The number of aryl methyl sites for hydroxylation is 1. The Kier molecular flexibility index (Phi) is 7.34. The van der Waals surface area contributed by atoms with Crippen molar-refractivity contribution in [1.29, 1.82) is 0 Å². The lowest BCUT2D eigenvalue weighted by molar-refractivity contribution is -0.383. The van der Waals surface area contributed by atoms with Gasteiger partial charge in [-0.1, -0.05) is 43.1 Å². The zero-order valence-corrected chi connectivity index (χ0v) is 17.5. The maximum atomic E-state index is 12.3. The van der Waals surface area contributed by atoms with Crippen molar-refractivity contribution < 1.29 is 9.72 Å². The predicted octanol–water partition coefficient (Wildman–Crippen LogP) is 4.88. The summed E-state index contributed by atoms with van der Waals surface area (Å²) in [5.41, 5.74) is 6.61. The highest BCUT2D eigenvalue weighted by Crippen LogP contribution is 2.30. The van der Waals surface area contributed by atoms with Crippen molar-refractivity contribution in [1.82, 2.24) is 15.4 Å². The van der Waals surface area contributed by atoms with Crippen LogP contribution in [0.5, 0.6) is 0 Å². The normalized spacial score (nSPS) is 10.4. The van der Waals surface area contributed by atoms with Crippen LogP contribution in [0.15, 0.2) is 54.9 Å². The first kappa shape index (κ1) is 22.0. The molecule has 0 saturated carbocycles. The molecule has 3 rings (SSSR count). The number of carbonyl (C=O) groups is 1. The van der Waals surface area contributed by atoms with Gasteiger partial charge in [0.2, 0.25) is 11.6 Å². The van der Waals surface area contributed by atoms with Gasteiger partial charge in [0.05, 0.1) is 4.92 Å². The molecule has 10 heteroatoms. The molecule has 2 aromatic carbocycles. The number of halogens is 1. The Morgan fingerprint density at radius 1 is 1.13 bits per heavy atom. The second-order valence-electron chi connectivity index (χ2n) is 6.69. The molecule has 0 unspecified atom stereocenters. The van der Waals surface area contributed by atoms with Crippen molar-refractivity contribution in [2.45, 2.75) is 26.2 Å². The van der Waals surface area contributed by atoms with Gasteiger partial charge in [-0.25, -0.2) is 9.97 Å². The van der Waals surface area contributed by atoms with E-state index in [2.05, 4.69) is 33.1 Å². The molecule has 3 N–H and O–H groups in total. The molecule has 1 heterocycles. The second-order valence-corrected chi connectivity index (χ2v) is 7.13. The number of anilines is 3. The third kappa shape index (κ3) is 5.89. The molecule has 0 fully saturated rings. The maximum Gasteiger partial charge on any atom is 0.355 e. The first-order valence-corrected chi connectivity index (χ1v) is 10.0. The van der Waals surface area contributed by atoms with E-state index in [0.29, 0.717) is 16.3 Å². The SMILES string of the molecule is CCCCc1ccc(Nc2ncnc(NNC(=O)c3cccc(Cl)c3)c2[N+](=O)[O-])cc1.